The van der Waals surface area contributed by atoms with E-state index < -0.39 is 5.79 Å². The average molecular weight is 487 g/mol. The van der Waals surface area contributed by atoms with Crippen molar-refractivity contribution in [3.8, 4) is 11.3 Å². The van der Waals surface area contributed by atoms with Gasteiger partial charge in [0.1, 0.15) is 11.1 Å². The van der Waals surface area contributed by atoms with Crippen molar-refractivity contribution in [2.24, 2.45) is 7.05 Å². The van der Waals surface area contributed by atoms with Gasteiger partial charge in [-0.25, -0.2) is 4.57 Å². The summed E-state index contributed by atoms with van der Waals surface area (Å²) in [4.78, 5) is 4.94. The molecule has 3 heterocycles. The Labute approximate surface area is 214 Å². The van der Waals surface area contributed by atoms with Gasteiger partial charge in [0.05, 0.1) is 11.4 Å². The smallest absolute Gasteiger partial charge is 0.289 e. The van der Waals surface area contributed by atoms with Gasteiger partial charge >= 0.3 is 0 Å². The zero-order chi connectivity index (χ0) is 25.4. The van der Waals surface area contributed by atoms with Crippen LogP contribution in [0.1, 0.15) is 34.2 Å². The fourth-order valence-electron chi connectivity index (χ4n) is 7.33. The van der Waals surface area contributed by atoms with Crippen molar-refractivity contribution in [3.05, 3.63) is 83.2 Å². The molecule has 3 atom stereocenters. The van der Waals surface area contributed by atoms with Gasteiger partial charge in [0.2, 0.25) is 5.79 Å². The van der Waals surface area contributed by atoms with E-state index in [2.05, 4.69) is 91.6 Å². The molecular formula is C32H28N3O2+. The van der Waals surface area contributed by atoms with Crippen molar-refractivity contribution in [1.82, 2.24) is 9.55 Å². The van der Waals surface area contributed by atoms with Gasteiger partial charge in [0.15, 0.2) is 6.04 Å². The van der Waals surface area contributed by atoms with E-state index in [1.165, 1.54) is 49.2 Å². The molecule has 0 saturated heterocycles. The molecule has 0 bridgehead atoms. The first-order chi connectivity index (χ1) is 17.8. The van der Waals surface area contributed by atoms with Crippen LogP contribution < -0.4 is 4.57 Å². The lowest BCUT2D eigenvalue weighted by Crippen LogP contribution is -2.41. The van der Waals surface area contributed by atoms with Crippen molar-refractivity contribution in [2.75, 3.05) is 7.11 Å². The highest BCUT2D eigenvalue weighted by atomic mass is 16.6. The fourth-order valence-corrected chi connectivity index (χ4v) is 7.33. The Morgan fingerprint density at radius 1 is 0.946 bits per heavy atom. The van der Waals surface area contributed by atoms with Crippen LogP contribution in [0, 0.1) is 20.8 Å². The van der Waals surface area contributed by atoms with E-state index in [4.69, 9.17) is 9.72 Å². The third kappa shape index (κ3) is 2.46. The Balaban J connectivity index is 1.60. The number of fused-ring (bicyclic) bond motifs is 13. The molecule has 5 heteroatoms. The minimum Gasteiger partial charge on any atom is -0.362 e. The first-order valence-electron chi connectivity index (χ1n) is 12.9. The Morgan fingerprint density at radius 2 is 1.68 bits per heavy atom. The number of aryl methyl sites for hydroxylation is 4. The molecule has 0 spiro atoms. The molecule has 1 saturated carbocycles. The summed E-state index contributed by atoms with van der Waals surface area (Å²) in [6.45, 7) is 6.54. The summed E-state index contributed by atoms with van der Waals surface area (Å²) < 4.78 is 10.2. The Kier molecular flexibility index (Phi) is 3.88. The number of aliphatic hydroxyl groups is 1. The number of ether oxygens (including phenoxy) is 1. The maximum atomic E-state index is 11.7. The first kappa shape index (κ1) is 21.3. The van der Waals surface area contributed by atoms with E-state index in [9.17, 15) is 5.11 Å². The fraction of sp³-hybridized carbons (Fsp3) is 0.250. The van der Waals surface area contributed by atoms with Crippen molar-refractivity contribution >= 4 is 43.5 Å². The SMILES string of the molecule is COC1(O)C2c3c(cc(C)c4c(C)cc(C)cc34)-c3c4c5cc6ccccc6cc5n(C)c4nc[n+]3C21. The van der Waals surface area contributed by atoms with E-state index >= 15 is 0 Å². The molecule has 37 heavy (non-hydrogen) atoms. The molecule has 3 unspecified atom stereocenters. The predicted octanol–water partition coefficient (Wildman–Crippen LogP) is 5.90. The molecule has 2 aliphatic rings. The predicted molar refractivity (Wildman–Crippen MR) is 147 cm³/mol. The second-order valence-electron chi connectivity index (χ2n) is 11.0. The second-order valence-corrected chi connectivity index (χ2v) is 11.0. The molecule has 1 N–H and O–H groups in total. The van der Waals surface area contributed by atoms with Gasteiger partial charge in [-0.3, -0.25) is 0 Å². The van der Waals surface area contributed by atoms with E-state index in [1.54, 1.807) is 7.11 Å². The number of benzene rings is 4. The molecule has 8 rings (SSSR count). The maximum Gasteiger partial charge on any atom is 0.289 e. The third-order valence-corrected chi connectivity index (χ3v) is 8.92. The highest BCUT2D eigenvalue weighted by molar-refractivity contribution is 6.16. The standard InChI is InChI=1S/C32H28N3O2/c1-16-10-17(2)25-18(3)12-23-26(22(25)11-16)28-30(32(28,36)37-5)35-15-33-31-27(29(23)35)21-13-19-8-6-7-9-20(19)14-24(21)34(31)4/h6-15,28,30,36H,1-5H3/q+1. The average Bonchev–Trinajstić information content (AvgIpc) is 3.41. The van der Waals surface area contributed by atoms with Crippen LogP contribution in [-0.4, -0.2) is 27.6 Å². The van der Waals surface area contributed by atoms with Gasteiger partial charge in [0.25, 0.3) is 12.0 Å². The van der Waals surface area contributed by atoms with Crippen molar-refractivity contribution in [2.45, 2.75) is 38.5 Å². The van der Waals surface area contributed by atoms with Crippen LogP contribution in [0.25, 0.3) is 54.7 Å². The molecule has 5 nitrogen and oxygen atoms in total. The number of rotatable bonds is 1. The topological polar surface area (TPSA) is 51.2 Å². The molecule has 1 aliphatic heterocycles. The Hall–Kier alpha value is -3.80. The molecule has 1 aliphatic carbocycles. The highest BCUT2D eigenvalue weighted by Crippen LogP contribution is 2.65. The number of methoxy groups -OCH3 is 1. The van der Waals surface area contributed by atoms with Gasteiger partial charge in [0, 0.05) is 25.1 Å². The Bertz CT molecular complexity index is 2000. The quantitative estimate of drug-likeness (QED) is 0.233. The number of aromatic nitrogens is 3. The summed E-state index contributed by atoms with van der Waals surface area (Å²) >= 11 is 0. The molecular weight excluding hydrogens is 458 g/mol. The minimum absolute atomic E-state index is 0.149. The van der Waals surface area contributed by atoms with Gasteiger partial charge in [-0.15, -0.1) is 0 Å². The summed E-state index contributed by atoms with van der Waals surface area (Å²) in [7, 11) is 3.71. The summed E-state index contributed by atoms with van der Waals surface area (Å²) in [5, 5.41) is 18.9. The van der Waals surface area contributed by atoms with Gasteiger partial charge < -0.3 is 14.4 Å². The lowest BCUT2D eigenvalue weighted by Gasteiger charge is -2.21. The van der Waals surface area contributed by atoms with E-state index in [0.717, 1.165) is 27.8 Å². The largest absolute Gasteiger partial charge is 0.362 e. The van der Waals surface area contributed by atoms with E-state index in [1.807, 2.05) is 6.33 Å². The van der Waals surface area contributed by atoms with Crippen LogP contribution >= 0.6 is 0 Å². The lowest BCUT2D eigenvalue weighted by molar-refractivity contribution is -0.704. The molecule has 0 amide bonds. The number of nitrogens with zero attached hydrogens (tertiary/aromatic N) is 3. The Morgan fingerprint density at radius 3 is 2.43 bits per heavy atom. The monoisotopic (exact) mass is 486 g/mol. The van der Waals surface area contributed by atoms with Crippen LogP contribution in [-0.2, 0) is 11.8 Å². The number of hydrogen-bond donors (Lipinski definition) is 1. The molecule has 4 aromatic carbocycles. The first-order valence-corrected chi connectivity index (χ1v) is 12.9. The minimum atomic E-state index is -1.27. The molecule has 1 fully saturated rings. The van der Waals surface area contributed by atoms with Gasteiger partial charge in [-0.05, 0) is 82.2 Å². The normalized spacial score (nSPS) is 22.0. The summed E-state index contributed by atoms with van der Waals surface area (Å²) in [6.07, 6.45) is 1.90. The van der Waals surface area contributed by atoms with Crippen molar-refractivity contribution in [3.63, 3.8) is 0 Å². The summed E-state index contributed by atoms with van der Waals surface area (Å²) in [6, 6.07) is 19.7. The van der Waals surface area contributed by atoms with Crippen LogP contribution in [0.4, 0.5) is 0 Å². The molecule has 182 valence electrons. The van der Waals surface area contributed by atoms with Crippen LogP contribution in [0.5, 0.6) is 0 Å². The highest BCUT2D eigenvalue weighted by Gasteiger charge is 2.74. The summed E-state index contributed by atoms with van der Waals surface area (Å²) in [5.74, 6) is -1.42. The molecule has 2 aromatic heterocycles. The lowest BCUT2D eigenvalue weighted by atomic mass is 9.85. The van der Waals surface area contributed by atoms with Crippen LogP contribution in [0.15, 0.2) is 60.9 Å². The molecule has 6 aromatic rings. The van der Waals surface area contributed by atoms with Crippen LogP contribution in [0.2, 0.25) is 0 Å². The van der Waals surface area contributed by atoms with Crippen molar-refractivity contribution < 1.29 is 14.4 Å². The van der Waals surface area contributed by atoms with Crippen molar-refractivity contribution in [1.29, 1.82) is 0 Å². The number of hydrogen-bond acceptors (Lipinski definition) is 3. The van der Waals surface area contributed by atoms with E-state index in [0.29, 0.717) is 0 Å². The second kappa shape index (κ2) is 6.74. The third-order valence-electron chi connectivity index (χ3n) is 8.92. The zero-order valence-corrected chi connectivity index (χ0v) is 21.6. The zero-order valence-electron chi connectivity index (χ0n) is 21.6. The van der Waals surface area contributed by atoms with Gasteiger partial charge in [-0.2, -0.15) is 0 Å². The van der Waals surface area contributed by atoms with Crippen LogP contribution in [0.3, 0.4) is 0 Å². The van der Waals surface area contributed by atoms with Gasteiger partial charge in [-0.1, -0.05) is 42.0 Å². The maximum absolute atomic E-state index is 11.7. The van der Waals surface area contributed by atoms with E-state index in [-0.39, 0.29) is 12.0 Å². The molecule has 0 radical (unpaired) electrons. The summed E-state index contributed by atoms with van der Waals surface area (Å²) in [5.41, 5.74) is 9.30.